The molecule has 0 radical (unpaired) electrons. The molecule has 2 amide bonds. The largest absolute Gasteiger partial charge is 0.355 e. The van der Waals surface area contributed by atoms with Gasteiger partial charge in [0, 0.05) is 18.7 Å². The molecule has 1 aliphatic heterocycles. The minimum absolute atomic E-state index is 0.0543. The smallest absolute Gasteiger partial charge is 0.254 e. The molecule has 1 saturated carbocycles. The van der Waals surface area contributed by atoms with E-state index in [9.17, 15) is 9.59 Å². The minimum atomic E-state index is -0.442. The van der Waals surface area contributed by atoms with Crippen LogP contribution in [0.1, 0.15) is 66.9 Å². The van der Waals surface area contributed by atoms with E-state index in [-0.39, 0.29) is 17.7 Å². The van der Waals surface area contributed by atoms with Crippen molar-refractivity contribution in [2.45, 2.75) is 57.5 Å². The van der Waals surface area contributed by atoms with Crippen molar-refractivity contribution in [2.24, 2.45) is 5.92 Å². The van der Waals surface area contributed by atoms with Crippen molar-refractivity contribution < 1.29 is 9.59 Å². The quantitative estimate of drug-likeness (QED) is 0.816. The number of nitrogens with zero attached hydrogens (tertiary/aromatic N) is 1. The van der Waals surface area contributed by atoms with Crippen LogP contribution in [0.25, 0.3) is 0 Å². The summed E-state index contributed by atoms with van der Waals surface area (Å²) in [4.78, 5) is 29.1. The second-order valence-corrected chi connectivity index (χ2v) is 8.85. The van der Waals surface area contributed by atoms with Gasteiger partial charge in [0.2, 0.25) is 5.91 Å². The molecule has 0 aromatic heterocycles. The maximum absolute atomic E-state index is 13.6. The van der Waals surface area contributed by atoms with Crippen molar-refractivity contribution in [3.63, 3.8) is 0 Å². The summed E-state index contributed by atoms with van der Waals surface area (Å²) in [5.41, 5.74) is 2.23. The van der Waals surface area contributed by atoms with Gasteiger partial charge in [-0.05, 0) is 36.0 Å². The number of amides is 2. The maximum Gasteiger partial charge on any atom is 0.254 e. The van der Waals surface area contributed by atoms with E-state index in [1.807, 2.05) is 47.4 Å². The third-order valence-electron chi connectivity index (χ3n) is 6.42. The van der Waals surface area contributed by atoms with Gasteiger partial charge in [0.05, 0.1) is 11.5 Å². The Labute approximate surface area is 173 Å². The molecular weight excluding hydrogens is 360 g/mol. The van der Waals surface area contributed by atoms with Gasteiger partial charge < -0.3 is 10.2 Å². The first-order chi connectivity index (χ1) is 14.0. The lowest BCUT2D eigenvalue weighted by Crippen LogP contribution is -2.60. The number of carbonyl (C=O) groups excluding carboxylic acids is 2. The van der Waals surface area contributed by atoms with E-state index in [0.29, 0.717) is 24.6 Å². The number of benzene rings is 2. The summed E-state index contributed by atoms with van der Waals surface area (Å²) in [7, 11) is 0. The highest BCUT2D eigenvalue weighted by Gasteiger charge is 2.55. The average Bonchev–Trinajstić information content (AvgIpc) is 3.20. The lowest BCUT2D eigenvalue weighted by atomic mass is 9.71. The van der Waals surface area contributed by atoms with E-state index in [2.05, 4.69) is 31.3 Å². The minimum Gasteiger partial charge on any atom is -0.355 e. The average molecular weight is 391 g/mol. The first kappa shape index (κ1) is 19.7. The Morgan fingerprint density at radius 2 is 1.72 bits per heavy atom. The summed E-state index contributed by atoms with van der Waals surface area (Å²) in [6.45, 7) is 5.40. The zero-order chi connectivity index (χ0) is 20.4. The second kappa shape index (κ2) is 8.02. The highest BCUT2D eigenvalue weighted by atomic mass is 16.2. The Kier molecular flexibility index (Phi) is 5.44. The Hall–Kier alpha value is -2.62. The van der Waals surface area contributed by atoms with Gasteiger partial charge >= 0.3 is 0 Å². The standard InChI is InChI=1S/C25H30N2O2/c1-18(2)16-26-23(28)22-20-12-6-7-13-21(20)24(29)27(25(22)14-8-9-15-25)17-19-10-4-3-5-11-19/h3-7,10-13,18,22H,8-9,14-17H2,1-2H3,(H,26,28)/t22-/m1/s1. The maximum atomic E-state index is 13.6. The summed E-state index contributed by atoms with van der Waals surface area (Å²) in [5.74, 6) is 0.179. The van der Waals surface area contributed by atoms with Crippen LogP contribution < -0.4 is 5.32 Å². The fourth-order valence-corrected chi connectivity index (χ4v) is 5.07. The van der Waals surface area contributed by atoms with Crippen molar-refractivity contribution in [3.8, 4) is 0 Å². The zero-order valence-corrected chi connectivity index (χ0v) is 17.4. The Balaban J connectivity index is 1.80. The predicted molar refractivity (Wildman–Crippen MR) is 115 cm³/mol. The van der Waals surface area contributed by atoms with Crippen LogP contribution in [0.3, 0.4) is 0 Å². The highest BCUT2D eigenvalue weighted by molar-refractivity contribution is 6.02. The molecule has 1 atom stereocenters. The fraction of sp³-hybridized carbons (Fsp3) is 0.440. The van der Waals surface area contributed by atoms with Gasteiger partial charge in [-0.15, -0.1) is 0 Å². The molecule has 0 saturated heterocycles. The molecule has 1 fully saturated rings. The van der Waals surface area contributed by atoms with Crippen molar-refractivity contribution >= 4 is 11.8 Å². The van der Waals surface area contributed by atoms with Crippen LogP contribution in [0.5, 0.6) is 0 Å². The highest BCUT2D eigenvalue weighted by Crippen LogP contribution is 2.50. The van der Waals surface area contributed by atoms with Gasteiger partial charge in [0.25, 0.3) is 5.91 Å². The van der Waals surface area contributed by atoms with Crippen LogP contribution >= 0.6 is 0 Å². The first-order valence-electron chi connectivity index (χ1n) is 10.8. The number of fused-ring (bicyclic) bond motifs is 1. The number of hydrogen-bond donors (Lipinski definition) is 1. The molecule has 4 nitrogen and oxygen atoms in total. The third-order valence-corrected chi connectivity index (χ3v) is 6.42. The van der Waals surface area contributed by atoms with Gasteiger partial charge in [-0.25, -0.2) is 0 Å². The molecule has 29 heavy (non-hydrogen) atoms. The van der Waals surface area contributed by atoms with Crippen molar-refractivity contribution in [1.29, 1.82) is 0 Å². The summed E-state index contributed by atoms with van der Waals surface area (Å²) in [6, 6.07) is 17.8. The lowest BCUT2D eigenvalue weighted by molar-refractivity contribution is -0.126. The van der Waals surface area contributed by atoms with Crippen molar-refractivity contribution in [1.82, 2.24) is 10.2 Å². The summed E-state index contributed by atoms with van der Waals surface area (Å²) in [5, 5.41) is 3.17. The SMILES string of the molecule is CC(C)CNC(=O)[C@H]1c2ccccc2C(=O)N(Cc2ccccc2)C12CCCC2. The van der Waals surface area contributed by atoms with E-state index in [0.717, 1.165) is 36.8 Å². The zero-order valence-electron chi connectivity index (χ0n) is 17.4. The predicted octanol–water partition coefficient (Wildman–Crippen LogP) is 4.51. The number of carbonyl (C=O) groups is 2. The van der Waals surface area contributed by atoms with E-state index in [1.165, 1.54) is 0 Å². The van der Waals surface area contributed by atoms with Crippen LogP contribution in [0, 0.1) is 5.92 Å². The molecule has 1 heterocycles. The monoisotopic (exact) mass is 390 g/mol. The molecule has 2 aromatic rings. The van der Waals surface area contributed by atoms with E-state index < -0.39 is 5.54 Å². The molecule has 1 N–H and O–H groups in total. The van der Waals surface area contributed by atoms with E-state index in [4.69, 9.17) is 0 Å². The van der Waals surface area contributed by atoms with E-state index >= 15 is 0 Å². The molecule has 2 aliphatic rings. The molecule has 0 bridgehead atoms. The Morgan fingerprint density at radius 1 is 1.07 bits per heavy atom. The molecule has 1 spiro atoms. The normalized spacial score (nSPS) is 20.2. The Morgan fingerprint density at radius 3 is 2.41 bits per heavy atom. The molecule has 0 unspecified atom stereocenters. The number of nitrogens with one attached hydrogen (secondary N) is 1. The molecule has 4 heteroatoms. The molecular formula is C25H30N2O2. The van der Waals surface area contributed by atoms with Crippen LogP contribution in [-0.2, 0) is 11.3 Å². The van der Waals surface area contributed by atoms with Gasteiger partial charge in [0.15, 0.2) is 0 Å². The van der Waals surface area contributed by atoms with Gasteiger partial charge in [0.1, 0.15) is 0 Å². The summed E-state index contributed by atoms with van der Waals surface area (Å²) < 4.78 is 0. The second-order valence-electron chi connectivity index (χ2n) is 8.85. The molecule has 152 valence electrons. The van der Waals surface area contributed by atoms with E-state index in [1.54, 1.807) is 0 Å². The number of rotatable bonds is 5. The van der Waals surface area contributed by atoms with Crippen LogP contribution in [0.15, 0.2) is 54.6 Å². The lowest BCUT2D eigenvalue weighted by Gasteiger charge is -2.50. The van der Waals surface area contributed by atoms with Crippen molar-refractivity contribution in [3.05, 3.63) is 71.3 Å². The van der Waals surface area contributed by atoms with Crippen LogP contribution in [0.2, 0.25) is 0 Å². The molecule has 2 aromatic carbocycles. The topological polar surface area (TPSA) is 49.4 Å². The van der Waals surface area contributed by atoms with Crippen molar-refractivity contribution in [2.75, 3.05) is 6.54 Å². The first-order valence-corrected chi connectivity index (χ1v) is 10.8. The summed E-state index contributed by atoms with van der Waals surface area (Å²) in [6.07, 6.45) is 3.85. The van der Waals surface area contributed by atoms with Crippen LogP contribution in [-0.4, -0.2) is 28.8 Å². The number of hydrogen-bond acceptors (Lipinski definition) is 2. The van der Waals surface area contributed by atoms with Gasteiger partial charge in [-0.2, -0.15) is 0 Å². The molecule has 4 rings (SSSR count). The third kappa shape index (κ3) is 3.57. The van der Waals surface area contributed by atoms with Crippen LogP contribution in [0.4, 0.5) is 0 Å². The fourth-order valence-electron chi connectivity index (χ4n) is 5.07. The van der Waals surface area contributed by atoms with Gasteiger partial charge in [-0.3, -0.25) is 9.59 Å². The Bertz CT molecular complexity index is 885. The van der Waals surface area contributed by atoms with Gasteiger partial charge in [-0.1, -0.05) is 75.2 Å². The molecule has 1 aliphatic carbocycles. The summed E-state index contributed by atoms with van der Waals surface area (Å²) >= 11 is 0.